The summed E-state index contributed by atoms with van der Waals surface area (Å²) in [5.41, 5.74) is -0.306. The number of carbonyl (C=O) groups is 2. The second-order valence-electron chi connectivity index (χ2n) is 3.34. The van der Waals surface area contributed by atoms with Crippen LogP contribution in [0.15, 0.2) is 0 Å². The third kappa shape index (κ3) is 3.46. The van der Waals surface area contributed by atoms with Crippen LogP contribution in [0.25, 0.3) is 0 Å². The summed E-state index contributed by atoms with van der Waals surface area (Å²) in [4.78, 5) is 30.9. The highest BCUT2D eigenvalue weighted by atomic mass is 35.6. The van der Waals surface area contributed by atoms with E-state index in [0.29, 0.717) is 0 Å². The number of aromatic nitrogens is 2. The van der Waals surface area contributed by atoms with Crippen molar-refractivity contribution in [2.24, 2.45) is 0 Å². The molecule has 1 heterocycles. The van der Waals surface area contributed by atoms with Crippen molar-refractivity contribution in [3.8, 4) is 0 Å². The zero-order valence-electron chi connectivity index (χ0n) is 10.2. The average molecular weight is 328 g/mol. The molecule has 19 heavy (non-hydrogen) atoms. The molecule has 0 bridgehead atoms. The number of halogens is 3. The molecule has 1 rings (SSSR count). The standard InChI is InChI=1S/C10H9Cl3N2O4/c1-4-5(7(16)18-2)6(8(17)19-3)15-9(14-4)10(11,12)13/h1-3H3. The molecule has 0 atom stereocenters. The number of methoxy groups -OCH3 is 2. The van der Waals surface area contributed by atoms with Gasteiger partial charge >= 0.3 is 11.9 Å². The van der Waals surface area contributed by atoms with Gasteiger partial charge in [0.2, 0.25) is 3.79 Å². The quantitative estimate of drug-likeness (QED) is 0.612. The third-order valence-electron chi connectivity index (χ3n) is 2.11. The van der Waals surface area contributed by atoms with Crippen LogP contribution in [-0.2, 0) is 13.3 Å². The summed E-state index contributed by atoms with van der Waals surface area (Å²) < 4.78 is 7.15. The van der Waals surface area contributed by atoms with Gasteiger partial charge in [0.15, 0.2) is 11.5 Å². The SMILES string of the molecule is COC(=O)c1nc(C(Cl)(Cl)Cl)nc(C)c1C(=O)OC. The van der Waals surface area contributed by atoms with Crippen LogP contribution in [-0.4, -0.2) is 36.1 Å². The van der Waals surface area contributed by atoms with Crippen LogP contribution in [0.5, 0.6) is 0 Å². The molecule has 6 nitrogen and oxygen atoms in total. The molecular weight excluding hydrogens is 318 g/mol. The molecule has 0 fully saturated rings. The third-order valence-corrected chi connectivity index (χ3v) is 2.62. The van der Waals surface area contributed by atoms with Gasteiger partial charge in [0, 0.05) is 0 Å². The van der Waals surface area contributed by atoms with Crippen molar-refractivity contribution in [2.45, 2.75) is 10.7 Å². The summed E-state index contributed by atoms with van der Waals surface area (Å²) in [6.07, 6.45) is 0. The van der Waals surface area contributed by atoms with E-state index in [2.05, 4.69) is 19.4 Å². The number of aryl methyl sites for hydroxylation is 1. The van der Waals surface area contributed by atoms with E-state index in [1.807, 2.05) is 0 Å². The molecular formula is C10H9Cl3N2O4. The topological polar surface area (TPSA) is 78.4 Å². The maximum absolute atomic E-state index is 11.6. The molecule has 104 valence electrons. The highest BCUT2D eigenvalue weighted by Gasteiger charge is 2.32. The molecule has 0 saturated heterocycles. The fraction of sp³-hybridized carbons (Fsp3) is 0.400. The lowest BCUT2D eigenvalue weighted by Gasteiger charge is -2.14. The van der Waals surface area contributed by atoms with Gasteiger partial charge in [-0.15, -0.1) is 0 Å². The van der Waals surface area contributed by atoms with E-state index in [-0.39, 0.29) is 22.8 Å². The van der Waals surface area contributed by atoms with E-state index in [1.54, 1.807) is 0 Å². The van der Waals surface area contributed by atoms with Gasteiger partial charge in [-0.05, 0) is 6.92 Å². The summed E-state index contributed by atoms with van der Waals surface area (Å²) in [7, 11) is 2.29. The number of ether oxygens (including phenoxy) is 2. The first kappa shape index (κ1) is 15.9. The highest BCUT2D eigenvalue weighted by Crippen LogP contribution is 2.36. The van der Waals surface area contributed by atoms with E-state index in [1.165, 1.54) is 6.92 Å². The first-order valence-electron chi connectivity index (χ1n) is 4.84. The molecule has 0 spiro atoms. The first-order chi connectivity index (χ1) is 8.72. The summed E-state index contributed by atoms with van der Waals surface area (Å²) in [6.45, 7) is 1.46. The molecule has 0 unspecified atom stereocenters. The van der Waals surface area contributed by atoms with Gasteiger partial charge in [-0.1, -0.05) is 34.8 Å². The maximum atomic E-state index is 11.6. The number of hydrogen-bond donors (Lipinski definition) is 0. The maximum Gasteiger partial charge on any atom is 0.357 e. The number of rotatable bonds is 2. The fourth-order valence-corrected chi connectivity index (χ4v) is 1.54. The predicted octanol–water partition coefficient (Wildman–Crippen LogP) is 2.18. The second kappa shape index (κ2) is 5.90. The van der Waals surface area contributed by atoms with Crippen molar-refractivity contribution >= 4 is 46.7 Å². The summed E-state index contributed by atoms with van der Waals surface area (Å²) >= 11 is 17.0. The van der Waals surface area contributed by atoms with E-state index >= 15 is 0 Å². The molecule has 0 aromatic carbocycles. The highest BCUT2D eigenvalue weighted by molar-refractivity contribution is 6.66. The largest absolute Gasteiger partial charge is 0.465 e. The van der Waals surface area contributed by atoms with Crippen molar-refractivity contribution < 1.29 is 19.1 Å². The van der Waals surface area contributed by atoms with Crippen molar-refractivity contribution in [1.29, 1.82) is 0 Å². The van der Waals surface area contributed by atoms with Crippen LogP contribution >= 0.6 is 34.8 Å². The van der Waals surface area contributed by atoms with Crippen LogP contribution in [0, 0.1) is 6.92 Å². The summed E-state index contributed by atoms with van der Waals surface area (Å²) in [6, 6.07) is 0. The molecule has 0 aliphatic carbocycles. The number of carbonyl (C=O) groups excluding carboxylic acids is 2. The lowest BCUT2D eigenvalue weighted by atomic mass is 10.1. The average Bonchev–Trinajstić information content (AvgIpc) is 2.34. The van der Waals surface area contributed by atoms with Crippen molar-refractivity contribution in [3.05, 3.63) is 22.8 Å². The number of hydrogen-bond acceptors (Lipinski definition) is 6. The normalized spacial score (nSPS) is 11.1. The minimum Gasteiger partial charge on any atom is -0.465 e. The van der Waals surface area contributed by atoms with Gasteiger partial charge < -0.3 is 9.47 Å². The van der Waals surface area contributed by atoms with Crippen molar-refractivity contribution in [1.82, 2.24) is 9.97 Å². The van der Waals surface area contributed by atoms with E-state index in [4.69, 9.17) is 34.8 Å². The van der Waals surface area contributed by atoms with E-state index in [0.717, 1.165) is 14.2 Å². The number of esters is 2. The Labute approximate surface area is 124 Å². The number of alkyl halides is 3. The van der Waals surface area contributed by atoms with Crippen LogP contribution in [0.3, 0.4) is 0 Å². The molecule has 0 N–H and O–H groups in total. The molecule has 1 aromatic rings. The minimum atomic E-state index is -1.93. The summed E-state index contributed by atoms with van der Waals surface area (Å²) in [5, 5.41) is 0. The Bertz CT molecular complexity index is 528. The second-order valence-corrected chi connectivity index (χ2v) is 5.62. The molecule has 9 heteroatoms. The van der Waals surface area contributed by atoms with Crippen LogP contribution in [0.4, 0.5) is 0 Å². The molecule has 0 radical (unpaired) electrons. The molecule has 1 aromatic heterocycles. The van der Waals surface area contributed by atoms with E-state index < -0.39 is 15.7 Å². The van der Waals surface area contributed by atoms with Crippen LogP contribution < -0.4 is 0 Å². The molecule has 0 amide bonds. The summed E-state index contributed by atoms with van der Waals surface area (Å²) in [5.74, 6) is -1.88. The molecule has 0 aliphatic rings. The monoisotopic (exact) mass is 326 g/mol. The van der Waals surface area contributed by atoms with E-state index in [9.17, 15) is 9.59 Å². The van der Waals surface area contributed by atoms with Crippen molar-refractivity contribution in [3.63, 3.8) is 0 Å². The van der Waals surface area contributed by atoms with Gasteiger partial charge in [-0.3, -0.25) is 0 Å². The van der Waals surface area contributed by atoms with Gasteiger partial charge in [0.1, 0.15) is 5.56 Å². The lowest BCUT2D eigenvalue weighted by Crippen LogP contribution is -2.21. The zero-order chi connectivity index (χ0) is 14.8. The Hall–Kier alpha value is -1.11. The van der Waals surface area contributed by atoms with Gasteiger partial charge in [0.25, 0.3) is 0 Å². The molecule has 0 aliphatic heterocycles. The zero-order valence-corrected chi connectivity index (χ0v) is 12.4. The fourth-order valence-electron chi connectivity index (χ4n) is 1.29. The Morgan fingerprint density at radius 1 is 1.05 bits per heavy atom. The van der Waals surface area contributed by atoms with Crippen LogP contribution in [0.1, 0.15) is 32.4 Å². The Kier molecular flexibility index (Phi) is 4.95. The van der Waals surface area contributed by atoms with Crippen molar-refractivity contribution in [2.75, 3.05) is 14.2 Å². The number of nitrogens with zero attached hydrogens (tertiary/aromatic N) is 2. The lowest BCUT2D eigenvalue weighted by molar-refractivity contribution is 0.0547. The Morgan fingerprint density at radius 3 is 2.00 bits per heavy atom. The smallest absolute Gasteiger partial charge is 0.357 e. The molecule has 0 saturated carbocycles. The Balaban J connectivity index is 3.57. The first-order valence-corrected chi connectivity index (χ1v) is 5.98. The van der Waals surface area contributed by atoms with Crippen LogP contribution in [0.2, 0.25) is 0 Å². The Morgan fingerprint density at radius 2 is 1.58 bits per heavy atom. The predicted molar refractivity (Wildman–Crippen MR) is 68.7 cm³/mol. The van der Waals surface area contributed by atoms with Gasteiger partial charge in [-0.25, -0.2) is 19.6 Å². The van der Waals surface area contributed by atoms with Gasteiger partial charge in [-0.2, -0.15) is 0 Å². The minimum absolute atomic E-state index is 0.132. The van der Waals surface area contributed by atoms with Gasteiger partial charge in [0.05, 0.1) is 19.9 Å².